The molecule has 0 saturated carbocycles. The van der Waals surface area contributed by atoms with Gasteiger partial charge in [0.05, 0.1) is 6.61 Å². The van der Waals surface area contributed by atoms with Gasteiger partial charge in [-0.15, -0.1) is 0 Å². The number of likely N-dealkylation sites (tertiary alicyclic amines) is 1. The van der Waals surface area contributed by atoms with Crippen LogP contribution in [0.4, 0.5) is 15.3 Å². The second kappa shape index (κ2) is 9.51. The molecule has 1 aromatic rings. The molecule has 0 atom stereocenters. The summed E-state index contributed by atoms with van der Waals surface area (Å²) in [6, 6.07) is 6.04. The first-order chi connectivity index (χ1) is 12.1. The van der Waals surface area contributed by atoms with Crippen molar-refractivity contribution in [1.82, 2.24) is 10.2 Å². The third kappa shape index (κ3) is 6.33. The third-order valence-electron chi connectivity index (χ3n) is 3.64. The number of hydrogen-bond donors (Lipinski definition) is 2. The standard InChI is InChI=1S/C17H23N3O5/c1-2-24-17(23)25-14-8-6-13(7-9-14)19-16(22)18-10-4-12-20-11-3-5-15(20)21/h6-9H,2-5,10-12H2,1H3,(H2,18,19,22). The van der Waals surface area contributed by atoms with E-state index in [1.54, 1.807) is 31.2 Å². The van der Waals surface area contributed by atoms with E-state index in [1.807, 2.05) is 4.90 Å². The maximum Gasteiger partial charge on any atom is 0.513 e. The average molecular weight is 349 g/mol. The van der Waals surface area contributed by atoms with Gasteiger partial charge in [-0.3, -0.25) is 4.79 Å². The number of nitrogens with one attached hydrogen (secondary N) is 2. The van der Waals surface area contributed by atoms with E-state index in [2.05, 4.69) is 15.4 Å². The van der Waals surface area contributed by atoms with Crippen LogP contribution in [0.1, 0.15) is 26.2 Å². The first-order valence-corrected chi connectivity index (χ1v) is 8.36. The SMILES string of the molecule is CCOC(=O)Oc1ccc(NC(=O)NCCCN2CCCC2=O)cc1. The van der Waals surface area contributed by atoms with E-state index in [9.17, 15) is 14.4 Å². The monoisotopic (exact) mass is 349 g/mol. The van der Waals surface area contributed by atoms with Gasteiger partial charge in [0, 0.05) is 31.7 Å². The molecule has 1 heterocycles. The molecule has 1 fully saturated rings. The number of carbonyl (C=O) groups excluding carboxylic acids is 3. The van der Waals surface area contributed by atoms with Crippen molar-refractivity contribution in [3.63, 3.8) is 0 Å². The maximum absolute atomic E-state index is 11.8. The lowest BCUT2D eigenvalue weighted by Crippen LogP contribution is -2.32. The molecule has 0 aromatic heterocycles. The van der Waals surface area contributed by atoms with Crippen LogP contribution in [0.3, 0.4) is 0 Å². The van der Waals surface area contributed by atoms with Gasteiger partial charge in [-0.05, 0) is 44.0 Å². The highest BCUT2D eigenvalue weighted by molar-refractivity contribution is 5.89. The largest absolute Gasteiger partial charge is 0.513 e. The summed E-state index contributed by atoms with van der Waals surface area (Å²) in [4.78, 5) is 36.3. The van der Waals surface area contributed by atoms with Crippen LogP contribution in [0.15, 0.2) is 24.3 Å². The Morgan fingerprint density at radius 3 is 2.64 bits per heavy atom. The number of nitrogens with zero attached hydrogens (tertiary/aromatic N) is 1. The zero-order valence-corrected chi connectivity index (χ0v) is 14.2. The summed E-state index contributed by atoms with van der Waals surface area (Å²) < 4.78 is 9.60. The van der Waals surface area contributed by atoms with E-state index in [1.165, 1.54) is 0 Å². The Labute approximate surface area is 146 Å². The molecule has 2 N–H and O–H groups in total. The molecule has 8 nitrogen and oxygen atoms in total. The van der Waals surface area contributed by atoms with Gasteiger partial charge in [0.1, 0.15) is 5.75 Å². The Hall–Kier alpha value is -2.77. The normalized spacial score (nSPS) is 13.5. The van der Waals surface area contributed by atoms with E-state index >= 15 is 0 Å². The second-order valence-electron chi connectivity index (χ2n) is 5.53. The van der Waals surface area contributed by atoms with Gasteiger partial charge in [0.25, 0.3) is 0 Å². The zero-order chi connectivity index (χ0) is 18.1. The molecule has 2 rings (SSSR count). The summed E-state index contributed by atoms with van der Waals surface area (Å²) in [6.45, 7) is 3.89. The molecule has 0 spiro atoms. The lowest BCUT2D eigenvalue weighted by Gasteiger charge is -2.15. The predicted octanol–water partition coefficient (Wildman–Crippen LogP) is 2.36. The molecule has 1 saturated heterocycles. The number of amides is 3. The van der Waals surface area contributed by atoms with E-state index in [0.29, 0.717) is 37.4 Å². The van der Waals surface area contributed by atoms with Crippen molar-refractivity contribution in [2.45, 2.75) is 26.2 Å². The first kappa shape index (κ1) is 18.6. The van der Waals surface area contributed by atoms with Crippen LogP contribution in [0.5, 0.6) is 5.75 Å². The lowest BCUT2D eigenvalue weighted by atomic mass is 10.3. The molecule has 0 radical (unpaired) electrons. The Balaban J connectivity index is 1.66. The van der Waals surface area contributed by atoms with Gasteiger partial charge in [-0.1, -0.05) is 0 Å². The number of carbonyl (C=O) groups is 3. The highest BCUT2D eigenvalue weighted by atomic mass is 16.7. The molecular weight excluding hydrogens is 326 g/mol. The van der Waals surface area contributed by atoms with E-state index < -0.39 is 6.16 Å². The molecule has 25 heavy (non-hydrogen) atoms. The van der Waals surface area contributed by atoms with Gasteiger partial charge < -0.3 is 25.0 Å². The summed E-state index contributed by atoms with van der Waals surface area (Å²) in [7, 11) is 0. The predicted molar refractivity (Wildman–Crippen MR) is 91.5 cm³/mol. The summed E-state index contributed by atoms with van der Waals surface area (Å²) in [5, 5.41) is 5.42. The fourth-order valence-electron chi connectivity index (χ4n) is 2.44. The van der Waals surface area contributed by atoms with Gasteiger partial charge in [0.15, 0.2) is 0 Å². The van der Waals surface area contributed by atoms with Crippen molar-refractivity contribution in [1.29, 1.82) is 0 Å². The van der Waals surface area contributed by atoms with Crippen LogP contribution in [-0.2, 0) is 9.53 Å². The van der Waals surface area contributed by atoms with Crippen molar-refractivity contribution < 1.29 is 23.9 Å². The van der Waals surface area contributed by atoms with Crippen molar-refractivity contribution in [3.8, 4) is 5.75 Å². The zero-order valence-electron chi connectivity index (χ0n) is 14.2. The minimum atomic E-state index is -0.766. The molecule has 8 heteroatoms. The molecule has 136 valence electrons. The van der Waals surface area contributed by atoms with Crippen LogP contribution in [0.25, 0.3) is 0 Å². The summed E-state index contributed by atoms with van der Waals surface area (Å²) >= 11 is 0. The van der Waals surface area contributed by atoms with Crippen molar-refractivity contribution in [2.24, 2.45) is 0 Å². The van der Waals surface area contributed by atoms with Crippen molar-refractivity contribution in [3.05, 3.63) is 24.3 Å². The van der Waals surface area contributed by atoms with Crippen LogP contribution >= 0.6 is 0 Å². The van der Waals surface area contributed by atoms with Gasteiger partial charge in [-0.25, -0.2) is 9.59 Å². The smallest absolute Gasteiger partial charge is 0.434 e. The Bertz CT molecular complexity index is 603. The molecule has 1 aromatic carbocycles. The van der Waals surface area contributed by atoms with Crippen LogP contribution in [0.2, 0.25) is 0 Å². The Morgan fingerprint density at radius 1 is 1.24 bits per heavy atom. The number of ether oxygens (including phenoxy) is 2. The van der Waals surface area contributed by atoms with Gasteiger partial charge >= 0.3 is 12.2 Å². The van der Waals surface area contributed by atoms with E-state index in [0.717, 1.165) is 13.0 Å². The highest BCUT2D eigenvalue weighted by Crippen LogP contribution is 2.16. The van der Waals surface area contributed by atoms with Crippen LogP contribution < -0.4 is 15.4 Å². The molecular formula is C17H23N3O5. The molecule has 3 amide bonds. The first-order valence-electron chi connectivity index (χ1n) is 8.36. The van der Waals surface area contributed by atoms with Crippen molar-refractivity contribution in [2.75, 3.05) is 31.6 Å². The molecule has 0 bridgehead atoms. The fraction of sp³-hybridized carbons (Fsp3) is 0.471. The van der Waals surface area contributed by atoms with E-state index in [4.69, 9.17) is 4.74 Å². The number of urea groups is 1. The third-order valence-corrected chi connectivity index (χ3v) is 3.64. The molecule has 0 aliphatic carbocycles. The van der Waals surface area contributed by atoms with Crippen molar-refractivity contribution >= 4 is 23.8 Å². The minimum absolute atomic E-state index is 0.189. The van der Waals surface area contributed by atoms with Gasteiger partial charge in [0.2, 0.25) is 5.91 Å². The fourth-order valence-corrected chi connectivity index (χ4v) is 2.44. The summed E-state index contributed by atoms with van der Waals surface area (Å²) in [6.07, 6.45) is 1.50. The molecule has 1 aliphatic heterocycles. The van der Waals surface area contributed by atoms with Crippen LogP contribution in [-0.4, -0.2) is 49.2 Å². The quantitative estimate of drug-likeness (QED) is 0.447. The number of hydrogen-bond acceptors (Lipinski definition) is 5. The summed E-state index contributed by atoms with van der Waals surface area (Å²) in [5.74, 6) is 0.522. The number of benzene rings is 1. The maximum atomic E-state index is 11.8. The topological polar surface area (TPSA) is 97.0 Å². The number of rotatable bonds is 7. The Morgan fingerprint density at radius 2 is 2.00 bits per heavy atom. The molecule has 0 unspecified atom stereocenters. The number of anilines is 1. The average Bonchev–Trinajstić information content (AvgIpc) is 2.99. The van der Waals surface area contributed by atoms with E-state index in [-0.39, 0.29) is 18.5 Å². The second-order valence-corrected chi connectivity index (χ2v) is 5.53. The molecule has 1 aliphatic rings. The van der Waals surface area contributed by atoms with Crippen LogP contribution in [0, 0.1) is 0 Å². The highest BCUT2D eigenvalue weighted by Gasteiger charge is 2.18. The Kier molecular flexibility index (Phi) is 7.06. The lowest BCUT2D eigenvalue weighted by molar-refractivity contribution is -0.127. The minimum Gasteiger partial charge on any atom is -0.434 e. The summed E-state index contributed by atoms with van der Waals surface area (Å²) in [5.41, 5.74) is 0.573. The van der Waals surface area contributed by atoms with Gasteiger partial charge in [-0.2, -0.15) is 0 Å².